The Morgan fingerprint density at radius 2 is 1.84 bits per heavy atom. The van der Waals surface area contributed by atoms with Crippen LogP contribution in [-0.2, 0) is 17.4 Å². The van der Waals surface area contributed by atoms with Gasteiger partial charge in [-0.05, 0) is 92.5 Å². The predicted molar refractivity (Wildman–Crippen MR) is 123 cm³/mol. The average molecular weight is 431 g/mol. The van der Waals surface area contributed by atoms with E-state index in [-0.39, 0.29) is 11.3 Å². The highest BCUT2D eigenvalue weighted by Crippen LogP contribution is 2.59. The maximum absolute atomic E-state index is 11.7. The Hall–Kier alpha value is -2.76. The number of aliphatic hydroxyl groups is 2. The summed E-state index contributed by atoms with van der Waals surface area (Å²) in [7, 11) is 0. The highest BCUT2D eigenvalue weighted by Gasteiger charge is 2.61. The van der Waals surface area contributed by atoms with Gasteiger partial charge in [-0.2, -0.15) is 0 Å². The first-order chi connectivity index (χ1) is 15.4. The number of hydrogen-bond donors (Lipinski definition) is 2. The van der Waals surface area contributed by atoms with Crippen molar-refractivity contribution in [1.82, 2.24) is 9.97 Å². The molecule has 2 aliphatic rings. The Labute approximate surface area is 189 Å². The molecular weight excluding hydrogens is 400 g/mol. The van der Waals surface area contributed by atoms with Crippen molar-refractivity contribution in [2.75, 3.05) is 0 Å². The highest BCUT2D eigenvalue weighted by molar-refractivity contribution is 5.46. The fraction of sp³-hybridized carbons (Fsp3) is 0.407. The van der Waals surface area contributed by atoms with Crippen LogP contribution in [0.15, 0.2) is 67.1 Å². The lowest BCUT2D eigenvalue weighted by atomic mass is 9.49. The Kier molecular flexibility index (Phi) is 5.06. The molecule has 5 rings (SSSR count). The first kappa shape index (κ1) is 21.1. The number of ether oxygens (including phenoxy) is 1. The average Bonchev–Trinajstić information content (AvgIpc) is 2.81. The van der Waals surface area contributed by atoms with E-state index in [1.54, 1.807) is 25.5 Å². The minimum Gasteiger partial charge on any atom is -0.457 e. The zero-order valence-electron chi connectivity index (χ0n) is 18.7. The quantitative estimate of drug-likeness (QED) is 0.615. The topological polar surface area (TPSA) is 75.5 Å². The summed E-state index contributed by atoms with van der Waals surface area (Å²) in [6, 6.07) is 15.6. The molecule has 2 aliphatic carbocycles. The molecule has 32 heavy (non-hydrogen) atoms. The summed E-state index contributed by atoms with van der Waals surface area (Å²) in [5.74, 6) is 1.84. The van der Waals surface area contributed by atoms with E-state index < -0.39 is 11.2 Å². The van der Waals surface area contributed by atoms with Gasteiger partial charge in [0.2, 0.25) is 0 Å². The van der Waals surface area contributed by atoms with Gasteiger partial charge in [0.05, 0.1) is 11.3 Å². The molecule has 4 atom stereocenters. The van der Waals surface area contributed by atoms with Crippen LogP contribution in [0.2, 0.25) is 0 Å². The van der Waals surface area contributed by atoms with Gasteiger partial charge in [-0.25, -0.2) is 0 Å². The molecule has 2 aromatic heterocycles. The zero-order valence-corrected chi connectivity index (χ0v) is 18.7. The second kappa shape index (κ2) is 7.68. The molecule has 4 unspecified atom stereocenters. The molecule has 0 radical (unpaired) electrons. The summed E-state index contributed by atoms with van der Waals surface area (Å²) < 4.78 is 6.04. The highest BCUT2D eigenvalue weighted by atomic mass is 16.5. The monoisotopic (exact) mass is 430 g/mol. The largest absolute Gasteiger partial charge is 0.457 e. The van der Waals surface area contributed by atoms with E-state index in [9.17, 15) is 10.2 Å². The van der Waals surface area contributed by atoms with Gasteiger partial charge in [0.25, 0.3) is 0 Å². The Morgan fingerprint density at radius 1 is 1.03 bits per heavy atom. The number of hydrogen-bond acceptors (Lipinski definition) is 5. The molecule has 0 saturated heterocycles. The summed E-state index contributed by atoms with van der Waals surface area (Å²) in [6.45, 7) is 3.97. The van der Waals surface area contributed by atoms with Crippen molar-refractivity contribution in [2.24, 2.45) is 5.92 Å². The van der Waals surface area contributed by atoms with Crippen molar-refractivity contribution in [3.63, 3.8) is 0 Å². The number of rotatable bonds is 4. The summed E-state index contributed by atoms with van der Waals surface area (Å²) in [5, 5.41) is 23.4. The lowest BCUT2D eigenvalue weighted by molar-refractivity contribution is -0.207. The van der Waals surface area contributed by atoms with E-state index in [1.165, 1.54) is 11.1 Å². The van der Waals surface area contributed by atoms with Gasteiger partial charge in [-0.3, -0.25) is 9.97 Å². The van der Waals surface area contributed by atoms with Crippen molar-refractivity contribution in [3.8, 4) is 11.5 Å². The van der Waals surface area contributed by atoms with Crippen LogP contribution in [0, 0.1) is 5.92 Å². The fourth-order valence-corrected chi connectivity index (χ4v) is 6.16. The fourth-order valence-electron chi connectivity index (χ4n) is 6.16. The van der Waals surface area contributed by atoms with Crippen molar-refractivity contribution in [3.05, 3.63) is 83.9 Å². The number of fused-ring (bicyclic) bond motifs is 3. The molecule has 0 spiro atoms. The van der Waals surface area contributed by atoms with Crippen LogP contribution >= 0.6 is 0 Å². The van der Waals surface area contributed by atoms with Crippen LogP contribution < -0.4 is 4.74 Å². The summed E-state index contributed by atoms with van der Waals surface area (Å²) >= 11 is 0. The molecule has 0 amide bonds. The van der Waals surface area contributed by atoms with E-state index in [1.807, 2.05) is 36.4 Å². The SMILES string of the molecule is CCC12CC(C)(O)C(O)(c3ccccn3)CC1CCc1cc(Oc3ccncc3)ccc12. The predicted octanol–water partition coefficient (Wildman–Crippen LogP) is 4.91. The Balaban J connectivity index is 1.51. The van der Waals surface area contributed by atoms with Crippen LogP contribution in [0.5, 0.6) is 11.5 Å². The van der Waals surface area contributed by atoms with Gasteiger partial charge in [-0.1, -0.05) is 19.1 Å². The van der Waals surface area contributed by atoms with Gasteiger partial charge in [-0.15, -0.1) is 0 Å². The first-order valence-electron chi connectivity index (χ1n) is 11.5. The second-order valence-electron chi connectivity index (χ2n) is 9.58. The zero-order chi connectivity index (χ0) is 22.4. The standard InChI is InChI=1S/C27H30N2O3/c1-3-26-18-25(2,30)27(31,24-6-4-5-13-29-24)17-20(26)8-7-19-16-22(9-10-23(19)26)32-21-11-14-28-15-12-21/h4-6,9-16,20,30-31H,3,7-8,17-18H2,1-2H3. The van der Waals surface area contributed by atoms with E-state index in [0.29, 0.717) is 18.5 Å². The summed E-state index contributed by atoms with van der Waals surface area (Å²) in [5.41, 5.74) is 0.263. The van der Waals surface area contributed by atoms with Gasteiger partial charge in [0.1, 0.15) is 17.1 Å². The van der Waals surface area contributed by atoms with Gasteiger partial charge >= 0.3 is 0 Å². The van der Waals surface area contributed by atoms with Crippen molar-refractivity contribution < 1.29 is 14.9 Å². The van der Waals surface area contributed by atoms with Crippen LogP contribution in [0.1, 0.15) is 56.4 Å². The molecule has 1 aromatic carbocycles. The minimum atomic E-state index is -1.36. The molecule has 5 heteroatoms. The summed E-state index contributed by atoms with van der Waals surface area (Å²) in [4.78, 5) is 8.46. The number of aromatic nitrogens is 2. The summed E-state index contributed by atoms with van der Waals surface area (Å²) in [6.07, 6.45) is 8.91. The van der Waals surface area contributed by atoms with E-state index in [4.69, 9.17) is 4.74 Å². The van der Waals surface area contributed by atoms with E-state index in [0.717, 1.165) is 30.8 Å². The van der Waals surface area contributed by atoms with Crippen molar-refractivity contribution >= 4 is 0 Å². The second-order valence-corrected chi connectivity index (χ2v) is 9.58. The molecular formula is C27H30N2O3. The minimum absolute atomic E-state index is 0.187. The molecule has 166 valence electrons. The van der Waals surface area contributed by atoms with Crippen LogP contribution in [0.4, 0.5) is 0 Å². The maximum atomic E-state index is 11.7. The molecule has 0 aliphatic heterocycles. The van der Waals surface area contributed by atoms with Gasteiger partial charge in [0.15, 0.2) is 0 Å². The molecule has 1 saturated carbocycles. The Bertz CT molecular complexity index is 1100. The lowest BCUT2D eigenvalue weighted by Gasteiger charge is -2.58. The van der Waals surface area contributed by atoms with Crippen molar-refractivity contribution in [1.29, 1.82) is 0 Å². The Morgan fingerprint density at radius 3 is 2.56 bits per heavy atom. The van der Waals surface area contributed by atoms with Gasteiger partial charge < -0.3 is 14.9 Å². The third-order valence-electron chi connectivity index (χ3n) is 7.85. The van der Waals surface area contributed by atoms with E-state index >= 15 is 0 Å². The van der Waals surface area contributed by atoms with Crippen LogP contribution in [-0.4, -0.2) is 25.8 Å². The first-order valence-corrected chi connectivity index (χ1v) is 11.5. The molecule has 0 bridgehead atoms. The van der Waals surface area contributed by atoms with Crippen LogP contribution in [0.3, 0.4) is 0 Å². The lowest BCUT2D eigenvalue weighted by Crippen LogP contribution is -2.62. The molecule has 1 fully saturated rings. The van der Waals surface area contributed by atoms with Gasteiger partial charge in [0, 0.05) is 24.0 Å². The van der Waals surface area contributed by atoms with E-state index in [2.05, 4.69) is 29.0 Å². The third-order valence-corrected chi connectivity index (χ3v) is 7.85. The van der Waals surface area contributed by atoms with Crippen molar-refractivity contribution in [2.45, 2.75) is 62.6 Å². The maximum Gasteiger partial charge on any atom is 0.135 e. The number of pyridine rings is 2. The normalized spacial score (nSPS) is 31.4. The number of benzene rings is 1. The molecule has 2 heterocycles. The molecule has 2 N–H and O–H groups in total. The number of nitrogens with zero attached hydrogens (tertiary/aromatic N) is 2. The number of aryl methyl sites for hydroxylation is 1. The smallest absolute Gasteiger partial charge is 0.135 e. The third kappa shape index (κ3) is 3.23. The molecule has 5 nitrogen and oxygen atoms in total. The van der Waals surface area contributed by atoms with Crippen LogP contribution in [0.25, 0.3) is 0 Å². The molecule has 3 aromatic rings.